The van der Waals surface area contributed by atoms with Crippen LogP contribution >= 0.6 is 10.7 Å². The van der Waals surface area contributed by atoms with Gasteiger partial charge in [-0.2, -0.15) is 0 Å². The maximum atomic E-state index is 13.0. The number of rotatable bonds is 4. The molecule has 106 valence electrons. The molecule has 0 N–H and O–H groups in total. The van der Waals surface area contributed by atoms with E-state index in [1.807, 2.05) is 0 Å². The van der Waals surface area contributed by atoms with Crippen molar-refractivity contribution in [2.75, 3.05) is 0 Å². The number of hydrogen-bond acceptors (Lipinski definition) is 3. The average Bonchev–Trinajstić information content (AvgIpc) is 2.36. The maximum absolute atomic E-state index is 13.0. The van der Waals surface area contributed by atoms with Crippen LogP contribution in [0.15, 0.2) is 47.4 Å². The SMILES string of the molecule is Cc1ccc(OCc2cccc(F)c2)c(S(=O)(=O)Cl)c1. The summed E-state index contributed by atoms with van der Waals surface area (Å²) in [6.45, 7) is 1.81. The Morgan fingerprint density at radius 3 is 2.60 bits per heavy atom. The van der Waals surface area contributed by atoms with Gasteiger partial charge < -0.3 is 4.74 Å². The molecular formula is C14H12ClFO3S. The molecule has 2 aromatic carbocycles. The van der Waals surface area contributed by atoms with Gasteiger partial charge in [0, 0.05) is 10.7 Å². The van der Waals surface area contributed by atoms with E-state index in [0.29, 0.717) is 5.56 Å². The molecule has 0 heterocycles. The molecular weight excluding hydrogens is 303 g/mol. The number of ether oxygens (including phenoxy) is 1. The summed E-state index contributed by atoms with van der Waals surface area (Å²) in [6.07, 6.45) is 0. The average molecular weight is 315 g/mol. The molecule has 0 aromatic heterocycles. The summed E-state index contributed by atoms with van der Waals surface area (Å²) in [5.41, 5.74) is 1.35. The molecule has 3 nitrogen and oxygen atoms in total. The van der Waals surface area contributed by atoms with Gasteiger partial charge in [0.05, 0.1) is 0 Å². The molecule has 0 amide bonds. The van der Waals surface area contributed by atoms with Crippen LogP contribution in [0.25, 0.3) is 0 Å². The molecule has 6 heteroatoms. The van der Waals surface area contributed by atoms with Crippen LogP contribution in [-0.4, -0.2) is 8.42 Å². The van der Waals surface area contributed by atoms with Gasteiger partial charge in [0.1, 0.15) is 23.1 Å². The lowest BCUT2D eigenvalue weighted by Gasteiger charge is -2.10. The quantitative estimate of drug-likeness (QED) is 0.809. The van der Waals surface area contributed by atoms with Crippen molar-refractivity contribution in [3.05, 3.63) is 59.4 Å². The van der Waals surface area contributed by atoms with Crippen LogP contribution in [0.4, 0.5) is 4.39 Å². The fourth-order valence-electron chi connectivity index (χ4n) is 1.71. The van der Waals surface area contributed by atoms with E-state index < -0.39 is 9.05 Å². The Morgan fingerprint density at radius 1 is 1.20 bits per heavy atom. The molecule has 0 aliphatic heterocycles. The topological polar surface area (TPSA) is 43.4 Å². The largest absolute Gasteiger partial charge is 0.487 e. The molecule has 0 bridgehead atoms. The first-order valence-corrected chi connectivity index (χ1v) is 8.10. The van der Waals surface area contributed by atoms with E-state index in [2.05, 4.69) is 0 Å². The van der Waals surface area contributed by atoms with Crippen LogP contribution in [0.3, 0.4) is 0 Å². The fourth-order valence-corrected chi connectivity index (χ4v) is 2.77. The third-order valence-electron chi connectivity index (χ3n) is 2.65. The van der Waals surface area contributed by atoms with Gasteiger partial charge in [0.25, 0.3) is 9.05 Å². The second kappa shape index (κ2) is 5.81. The van der Waals surface area contributed by atoms with Gasteiger partial charge in [-0.05, 0) is 42.3 Å². The Labute approximate surface area is 121 Å². The Balaban J connectivity index is 2.26. The van der Waals surface area contributed by atoms with Crippen LogP contribution in [0.1, 0.15) is 11.1 Å². The molecule has 0 aliphatic carbocycles. The highest BCUT2D eigenvalue weighted by molar-refractivity contribution is 8.13. The highest BCUT2D eigenvalue weighted by Crippen LogP contribution is 2.28. The van der Waals surface area contributed by atoms with E-state index in [1.54, 1.807) is 25.1 Å². The number of hydrogen-bond donors (Lipinski definition) is 0. The van der Waals surface area contributed by atoms with Crippen molar-refractivity contribution in [1.82, 2.24) is 0 Å². The van der Waals surface area contributed by atoms with Crippen molar-refractivity contribution < 1.29 is 17.5 Å². The van der Waals surface area contributed by atoms with E-state index in [9.17, 15) is 12.8 Å². The van der Waals surface area contributed by atoms with E-state index in [0.717, 1.165) is 5.56 Å². The Hall–Kier alpha value is -1.59. The normalized spacial score (nSPS) is 11.3. The minimum Gasteiger partial charge on any atom is -0.487 e. The molecule has 2 rings (SSSR count). The summed E-state index contributed by atoms with van der Waals surface area (Å²) < 4.78 is 41.5. The monoisotopic (exact) mass is 314 g/mol. The van der Waals surface area contributed by atoms with Gasteiger partial charge in [-0.1, -0.05) is 18.2 Å². The fraction of sp³-hybridized carbons (Fsp3) is 0.143. The third-order valence-corrected chi connectivity index (χ3v) is 3.99. The van der Waals surface area contributed by atoms with Crippen molar-refractivity contribution in [2.45, 2.75) is 18.4 Å². The number of benzene rings is 2. The summed E-state index contributed by atoms with van der Waals surface area (Å²) in [5, 5.41) is 0. The predicted molar refractivity (Wildman–Crippen MR) is 74.9 cm³/mol. The van der Waals surface area contributed by atoms with Crippen molar-refractivity contribution in [1.29, 1.82) is 0 Å². The standard InChI is InChI=1S/C14H12ClFO3S/c1-10-5-6-13(14(7-10)20(15,17)18)19-9-11-3-2-4-12(16)8-11/h2-8H,9H2,1H3. The van der Waals surface area contributed by atoms with E-state index >= 15 is 0 Å². The molecule has 0 spiro atoms. The smallest absolute Gasteiger partial charge is 0.264 e. The Bertz CT molecular complexity index is 729. The van der Waals surface area contributed by atoms with Crippen molar-refractivity contribution >= 4 is 19.7 Å². The lowest BCUT2D eigenvalue weighted by atomic mass is 10.2. The maximum Gasteiger partial charge on any atom is 0.264 e. The summed E-state index contributed by atoms with van der Waals surface area (Å²) in [4.78, 5) is -0.0874. The van der Waals surface area contributed by atoms with Gasteiger partial charge in [0.2, 0.25) is 0 Å². The number of halogens is 2. The number of aryl methyl sites for hydroxylation is 1. The molecule has 2 aromatic rings. The zero-order valence-electron chi connectivity index (χ0n) is 10.6. The van der Waals surface area contributed by atoms with Crippen molar-refractivity contribution in [3.63, 3.8) is 0 Å². The molecule has 0 unspecified atom stereocenters. The van der Waals surface area contributed by atoms with Gasteiger partial charge in [0.15, 0.2) is 0 Å². The van der Waals surface area contributed by atoms with Crippen molar-refractivity contribution in [3.8, 4) is 5.75 Å². The molecule has 0 aliphatic rings. The van der Waals surface area contributed by atoms with Crippen molar-refractivity contribution in [2.24, 2.45) is 0 Å². The minimum atomic E-state index is -3.90. The van der Waals surface area contributed by atoms with E-state index in [4.69, 9.17) is 15.4 Å². The van der Waals surface area contributed by atoms with Gasteiger partial charge in [-0.3, -0.25) is 0 Å². The highest BCUT2D eigenvalue weighted by atomic mass is 35.7. The highest BCUT2D eigenvalue weighted by Gasteiger charge is 2.17. The summed E-state index contributed by atoms with van der Waals surface area (Å²) in [5.74, 6) is -0.227. The van der Waals surface area contributed by atoms with Crippen LogP contribution in [-0.2, 0) is 15.7 Å². The first-order valence-electron chi connectivity index (χ1n) is 5.79. The second-order valence-electron chi connectivity index (χ2n) is 4.31. The van der Waals surface area contributed by atoms with Gasteiger partial charge in [-0.25, -0.2) is 12.8 Å². The van der Waals surface area contributed by atoms with Crippen LogP contribution in [0, 0.1) is 12.7 Å². The van der Waals surface area contributed by atoms with Crippen LogP contribution in [0.2, 0.25) is 0 Å². The Kier molecular flexibility index (Phi) is 4.30. The molecule has 20 heavy (non-hydrogen) atoms. The van der Waals surface area contributed by atoms with Crippen LogP contribution < -0.4 is 4.74 Å². The Morgan fingerprint density at radius 2 is 1.95 bits per heavy atom. The second-order valence-corrected chi connectivity index (χ2v) is 6.84. The molecule has 0 saturated carbocycles. The van der Waals surface area contributed by atoms with Gasteiger partial charge in [-0.15, -0.1) is 0 Å². The van der Waals surface area contributed by atoms with E-state index in [-0.39, 0.29) is 23.1 Å². The van der Waals surface area contributed by atoms with Gasteiger partial charge >= 0.3 is 0 Å². The minimum absolute atomic E-state index is 0.0558. The predicted octanol–water partition coefficient (Wildman–Crippen LogP) is 3.64. The molecule has 0 atom stereocenters. The third kappa shape index (κ3) is 3.71. The van der Waals surface area contributed by atoms with Crippen LogP contribution in [0.5, 0.6) is 5.75 Å². The molecule has 0 saturated heterocycles. The summed E-state index contributed by atoms with van der Waals surface area (Å²) in [6, 6.07) is 10.6. The summed E-state index contributed by atoms with van der Waals surface area (Å²) >= 11 is 0. The van der Waals surface area contributed by atoms with E-state index in [1.165, 1.54) is 24.3 Å². The zero-order valence-corrected chi connectivity index (χ0v) is 12.2. The zero-order chi connectivity index (χ0) is 14.8. The molecule has 0 radical (unpaired) electrons. The lowest BCUT2D eigenvalue weighted by Crippen LogP contribution is -2.01. The first-order chi connectivity index (χ1) is 9.36. The lowest BCUT2D eigenvalue weighted by molar-refractivity contribution is 0.297. The molecule has 0 fully saturated rings. The first kappa shape index (κ1) is 14.8. The summed E-state index contributed by atoms with van der Waals surface area (Å²) in [7, 11) is 1.48.